The van der Waals surface area contributed by atoms with Gasteiger partial charge in [-0.05, 0) is 30.5 Å². The zero-order valence-corrected chi connectivity index (χ0v) is 11.7. The van der Waals surface area contributed by atoms with Crippen LogP contribution >= 0.6 is 0 Å². The average molecular weight is 261 g/mol. The monoisotopic (exact) mass is 261 g/mol. The molecule has 0 amide bonds. The second-order valence-corrected chi connectivity index (χ2v) is 4.68. The number of benzene rings is 1. The number of halogens is 1. The van der Waals surface area contributed by atoms with Gasteiger partial charge in [0.25, 0.3) is 0 Å². The van der Waals surface area contributed by atoms with E-state index in [9.17, 15) is 4.39 Å². The maximum Gasteiger partial charge on any atom is 0.123 e. The van der Waals surface area contributed by atoms with Crippen LogP contribution in [-0.4, -0.2) is 9.78 Å². The van der Waals surface area contributed by atoms with E-state index in [1.165, 1.54) is 6.07 Å². The van der Waals surface area contributed by atoms with E-state index in [0.29, 0.717) is 0 Å². The van der Waals surface area contributed by atoms with Gasteiger partial charge in [-0.15, -0.1) is 0 Å². The van der Waals surface area contributed by atoms with Gasteiger partial charge < -0.3 is 5.32 Å². The molecule has 0 aliphatic rings. The van der Waals surface area contributed by atoms with Crippen molar-refractivity contribution in [3.05, 3.63) is 47.5 Å². The molecule has 19 heavy (non-hydrogen) atoms. The predicted octanol–water partition coefficient (Wildman–Crippen LogP) is 3.68. The van der Waals surface area contributed by atoms with Crippen molar-refractivity contribution in [2.45, 2.75) is 32.7 Å². The van der Waals surface area contributed by atoms with Gasteiger partial charge in [0.2, 0.25) is 0 Å². The van der Waals surface area contributed by atoms with Crippen LogP contribution in [0, 0.1) is 5.82 Å². The average Bonchev–Trinajstić information content (AvgIpc) is 2.76. The van der Waals surface area contributed by atoms with Crippen LogP contribution in [0.3, 0.4) is 0 Å². The SMILES string of the molecule is CCc1nn(C)cc1NC(CC)c1cccc(F)c1. The van der Waals surface area contributed by atoms with E-state index in [2.05, 4.69) is 24.3 Å². The minimum Gasteiger partial charge on any atom is -0.375 e. The molecule has 1 N–H and O–H groups in total. The lowest BCUT2D eigenvalue weighted by Crippen LogP contribution is -2.10. The van der Waals surface area contributed by atoms with Gasteiger partial charge in [-0.3, -0.25) is 4.68 Å². The van der Waals surface area contributed by atoms with Crippen LogP contribution in [-0.2, 0) is 13.5 Å². The summed E-state index contributed by atoms with van der Waals surface area (Å²) in [6.07, 6.45) is 3.74. The minimum absolute atomic E-state index is 0.102. The van der Waals surface area contributed by atoms with Crippen molar-refractivity contribution in [2.24, 2.45) is 7.05 Å². The van der Waals surface area contributed by atoms with Gasteiger partial charge in [0, 0.05) is 13.2 Å². The van der Waals surface area contributed by atoms with Crippen LogP contribution in [0.25, 0.3) is 0 Å². The maximum absolute atomic E-state index is 13.3. The van der Waals surface area contributed by atoms with Crippen molar-refractivity contribution < 1.29 is 4.39 Å². The Balaban J connectivity index is 2.23. The third-order valence-corrected chi connectivity index (χ3v) is 3.23. The topological polar surface area (TPSA) is 29.9 Å². The molecule has 102 valence electrons. The van der Waals surface area contributed by atoms with Gasteiger partial charge in [0.15, 0.2) is 0 Å². The highest BCUT2D eigenvalue weighted by Crippen LogP contribution is 2.25. The van der Waals surface area contributed by atoms with Gasteiger partial charge in [-0.1, -0.05) is 26.0 Å². The molecule has 2 rings (SSSR count). The van der Waals surface area contributed by atoms with Crippen molar-refractivity contribution >= 4 is 5.69 Å². The zero-order valence-electron chi connectivity index (χ0n) is 11.7. The van der Waals surface area contributed by atoms with E-state index in [0.717, 1.165) is 29.8 Å². The van der Waals surface area contributed by atoms with Gasteiger partial charge >= 0.3 is 0 Å². The molecule has 2 aromatic rings. The molecule has 4 heteroatoms. The third kappa shape index (κ3) is 3.13. The van der Waals surface area contributed by atoms with E-state index in [-0.39, 0.29) is 11.9 Å². The molecule has 1 aromatic carbocycles. The Kier molecular flexibility index (Phi) is 4.20. The van der Waals surface area contributed by atoms with Crippen LogP contribution in [0.4, 0.5) is 10.1 Å². The number of hydrogen-bond donors (Lipinski definition) is 1. The molecular formula is C15H20FN3. The van der Waals surface area contributed by atoms with E-state index >= 15 is 0 Å². The lowest BCUT2D eigenvalue weighted by molar-refractivity contribution is 0.620. The highest BCUT2D eigenvalue weighted by Gasteiger charge is 2.13. The van der Waals surface area contributed by atoms with E-state index < -0.39 is 0 Å². The molecule has 0 saturated heterocycles. The van der Waals surface area contributed by atoms with Crippen molar-refractivity contribution in [2.75, 3.05) is 5.32 Å². The van der Waals surface area contributed by atoms with Crippen LogP contribution in [0.15, 0.2) is 30.5 Å². The molecule has 1 atom stereocenters. The lowest BCUT2D eigenvalue weighted by Gasteiger charge is -2.18. The van der Waals surface area contributed by atoms with E-state index in [1.807, 2.05) is 19.3 Å². The first-order chi connectivity index (χ1) is 9.13. The summed E-state index contributed by atoms with van der Waals surface area (Å²) in [6.45, 7) is 4.17. The van der Waals surface area contributed by atoms with Crippen molar-refractivity contribution in [3.63, 3.8) is 0 Å². The molecule has 3 nitrogen and oxygen atoms in total. The summed E-state index contributed by atoms with van der Waals surface area (Å²) in [5.41, 5.74) is 3.03. The molecule has 1 heterocycles. The summed E-state index contributed by atoms with van der Waals surface area (Å²) in [7, 11) is 1.91. The number of aromatic nitrogens is 2. The highest BCUT2D eigenvalue weighted by molar-refractivity contribution is 5.48. The summed E-state index contributed by atoms with van der Waals surface area (Å²) in [5.74, 6) is -0.195. The molecule has 0 aliphatic carbocycles. The van der Waals surface area contributed by atoms with E-state index in [1.54, 1.807) is 16.8 Å². The van der Waals surface area contributed by atoms with Crippen LogP contribution < -0.4 is 5.32 Å². The third-order valence-electron chi connectivity index (χ3n) is 3.23. The Morgan fingerprint density at radius 1 is 1.37 bits per heavy atom. The van der Waals surface area contributed by atoms with Crippen LogP contribution in [0.1, 0.15) is 37.6 Å². The summed E-state index contributed by atoms with van der Waals surface area (Å²) in [6, 6.07) is 6.86. The Morgan fingerprint density at radius 2 is 2.16 bits per heavy atom. The maximum atomic E-state index is 13.3. The van der Waals surface area contributed by atoms with Crippen molar-refractivity contribution in [1.82, 2.24) is 9.78 Å². The van der Waals surface area contributed by atoms with Crippen LogP contribution in [0.5, 0.6) is 0 Å². The molecule has 0 saturated carbocycles. The quantitative estimate of drug-likeness (QED) is 0.889. The smallest absolute Gasteiger partial charge is 0.123 e. The normalized spacial score (nSPS) is 12.4. The predicted molar refractivity (Wildman–Crippen MR) is 75.6 cm³/mol. The molecule has 1 aromatic heterocycles. The second kappa shape index (κ2) is 5.87. The number of rotatable bonds is 5. The van der Waals surface area contributed by atoms with Crippen molar-refractivity contribution in [1.29, 1.82) is 0 Å². The molecule has 0 radical (unpaired) electrons. The summed E-state index contributed by atoms with van der Waals surface area (Å²) in [4.78, 5) is 0. The number of anilines is 1. The number of hydrogen-bond acceptors (Lipinski definition) is 2. The Labute approximate surface area is 113 Å². The molecular weight excluding hydrogens is 241 g/mol. The number of nitrogens with one attached hydrogen (secondary N) is 1. The fourth-order valence-corrected chi connectivity index (χ4v) is 2.25. The number of nitrogens with zero attached hydrogens (tertiary/aromatic N) is 2. The summed E-state index contributed by atoms with van der Waals surface area (Å²) < 4.78 is 15.1. The fraction of sp³-hybridized carbons (Fsp3) is 0.400. The lowest BCUT2D eigenvalue weighted by atomic mass is 10.0. The van der Waals surface area contributed by atoms with Crippen molar-refractivity contribution in [3.8, 4) is 0 Å². The molecule has 0 bridgehead atoms. The Hall–Kier alpha value is -1.84. The summed E-state index contributed by atoms with van der Waals surface area (Å²) >= 11 is 0. The first-order valence-corrected chi connectivity index (χ1v) is 6.68. The molecule has 1 unspecified atom stereocenters. The van der Waals surface area contributed by atoms with E-state index in [4.69, 9.17) is 0 Å². The first kappa shape index (κ1) is 13.6. The largest absolute Gasteiger partial charge is 0.375 e. The first-order valence-electron chi connectivity index (χ1n) is 6.68. The standard InChI is InChI=1S/C15H20FN3/c1-4-13(11-7-6-8-12(16)9-11)17-15-10-19(3)18-14(15)5-2/h6-10,13,17H,4-5H2,1-3H3. The second-order valence-electron chi connectivity index (χ2n) is 4.68. The van der Waals surface area contributed by atoms with Gasteiger partial charge in [-0.25, -0.2) is 4.39 Å². The Bertz CT molecular complexity index is 548. The van der Waals surface area contributed by atoms with Gasteiger partial charge in [-0.2, -0.15) is 5.10 Å². The molecule has 0 spiro atoms. The van der Waals surface area contributed by atoms with Crippen LogP contribution in [0.2, 0.25) is 0 Å². The summed E-state index contributed by atoms with van der Waals surface area (Å²) in [5, 5.41) is 7.87. The van der Waals surface area contributed by atoms with Gasteiger partial charge in [0.1, 0.15) is 5.82 Å². The fourth-order valence-electron chi connectivity index (χ4n) is 2.25. The molecule has 0 fully saturated rings. The van der Waals surface area contributed by atoms with Gasteiger partial charge in [0.05, 0.1) is 17.4 Å². The highest BCUT2D eigenvalue weighted by atomic mass is 19.1. The zero-order chi connectivity index (χ0) is 13.8. The Morgan fingerprint density at radius 3 is 2.79 bits per heavy atom. The number of aryl methyl sites for hydroxylation is 2. The minimum atomic E-state index is -0.195. The molecule has 0 aliphatic heterocycles.